The Labute approximate surface area is 171 Å². The van der Waals surface area contributed by atoms with Crippen LogP contribution in [0.4, 0.5) is 0 Å². The largest absolute Gasteiger partial charge is 0.300 e. The first-order valence-electron chi connectivity index (χ1n) is 9.85. The van der Waals surface area contributed by atoms with E-state index in [9.17, 15) is 4.79 Å². The lowest BCUT2D eigenvalue weighted by Crippen LogP contribution is -2.01. The molecule has 152 valence electrons. The summed E-state index contributed by atoms with van der Waals surface area (Å²) in [6.45, 7) is 15.5. The fourth-order valence-electron chi connectivity index (χ4n) is 1.64. The number of nitriles is 1. The van der Waals surface area contributed by atoms with E-state index in [4.69, 9.17) is 5.26 Å². The average Bonchev–Trinajstić information content (AvgIpc) is 2.68. The average molecular weight is 382 g/mol. The van der Waals surface area contributed by atoms with Crippen molar-refractivity contribution in [1.29, 1.82) is 5.26 Å². The fraction of sp³-hybridized carbons (Fsp3) is 0.417. The molecule has 2 rings (SSSR count). The number of Topliss-reactive ketones (excluding diaryl/α,β-unsaturated/α-hetero) is 1. The molecule has 0 bridgehead atoms. The van der Waals surface area contributed by atoms with Crippen molar-refractivity contribution in [1.82, 2.24) is 0 Å². The molecule has 0 spiro atoms. The molecule has 4 nitrogen and oxygen atoms in total. The van der Waals surface area contributed by atoms with E-state index in [-0.39, 0.29) is 5.78 Å². The first kappa shape index (κ1) is 27.4. The number of aliphatic imine (C=N–C) groups is 2. The Morgan fingerprint density at radius 2 is 1.68 bits per heavy atom. The number of carbonyl (C=O) groups is 1. The molecule has 0 atom stereocenters. The van der Waals surface area contributed by atoms with Gasteiger partial charge in [0.2, 0.25) is 0 Å². The maximum atomic E-state index is 9.81. The Morgan fingerprint density at radius 1 is 1.11 bits per heavy atom. The van der Waals surface area contributed by atoms with Crippen LogP contribution in [0.3, 0.4) is 0 Å². The summed E-state index contributed by atoms with van der Waals surface area (Å²) in [5, 5.41) is 8.99. The second-order valence-corrected chi connectivity index (χ2v) is 5.83. The lowest BCUT2D eigenvalue weighted by molar-refractivity contribution is -0.116. The van der Waals surface area contributed by atoms with Gasteiger partial charge in [0.25, 0.3) is 0 Å². The van der Waals surface area contributed by atoms with Gasteiger partial charge in [0.15, 0.2) is 0 Å². The molecular formula is C24H35N3O. The molecule has 0 aromatic heterocycles. The first-order chi connectivity index (χ1) is 13.4. The fourth-order valence-corrected chi connectivity index (χ4v) is 1.64. The van der Waals surface area contributed by atoms with Crippen LogP contribution < -0.4 is 0 Å². The number of carbonyl (C=O) groups excluding carboxylic acids is 1. The van der Waals surface area contributed by atoms with Crippen LogP contribution in [0.15, 0.2) is 58.3 Å². The summed E-state index contributed by atoms with van der Waals surface area (Å²) in [6.07, 6.45) is 7.02. The van der Waals surface area contributed by atoms with E-state index < -0.39 is 0 Å². The van der Waals surface area contributed by atoms with Gasteiger partial charge in [0, 0.05) is 24.4 Å². The Hall–Kier alpha value is -2.80. The summed E-state index contributed by atoms with van der Waals surface area (Å²) in [5.74, 6) is 0.255. The van der Waals surface area contributed by atoms with Gasteiger partial charge < -0.3 is 4.79 Å². The molecule has 0 saturated heterocycles. The van der Waals surface area contributed by atoms with Crippen LogP contribution in [0.25, 0.3) is 0 Å². The van der Waals surface area contributed by atoms with Gasteiger partial charge in [-0.2, -0.15) is 5.26 Å². The van der Waals surface area contributed by atoms with Crippen molar-refractivity contribution in [2.45, 2.75) is 68.2 Å². The summed E-state index contributed by atoms with van der Waals surface area (Å²) < 4.78 is 0. The molecule has 28 heavy (non-hydrogen) atoms. The minimum absolute atomic E-state index is 0.255. The van der Waals surface area contributed by atoms with E-state index in [2.05, 4.69) is 36.0 Å². The highest BCUT2D eigenvalue weighted by atomic mass is 16.1. The van der Waals surface area contributed by atoms with Crippen LogP contribution >= 0.6 is 0 Å². The summed E-state index contributed by atoms with van der Waals surface area (Å²) in [5.41, 5.74) is 4.18. The van der Waals surface area contributed by atoms with Crippen LogP contribution in [0.2, 0.25) is 0 Å². The van der Waals surface area contributed by atoms with E-state index >= 15 is 0 Å². The minimum Gasteiger partial charge on any atom is -0.300 e. The quantitative estimate of drug-likeness (QED) is 0.578. The molecule has 0 radical (unpaired) electrons. The Bertz CT molecular complexity index is 747. The third-order valence-corrected chi connectivity index (χ3v) is 3.16. The van der Waals surface area contributed by atoms with Gasteiger partial charge in [-0.1, -0.05) is 64.8 Å². The molecule has 0 unspecified atom stereocenters. The molecular weight excluding hydrogens is 346 g/mol. The van der Waals surface area contributed by atoms with Gasteiger partial charge in [-0.05, 0) is 32.9 Å². The number of ketones is 1. The van der Waals surface area contributed by atoms with Gasteiger partial charge in [0.05, 0.1) is 17.0 Å². The number of aryl methyl sites for hydroxylation is 1. The number of benzene rings is 1. The number of allylic oxidation sites excluding steroid dienone is 2. The van der Waals surface area contributed by atoms with E-state index in [0.29, 0.717) is 17.7 Å². The highest BCUT2D eigenvalue weighted by Crippen LogP contribution is 2.10. The maximum absolute atomic E-state index is 9.81. The predicted molar refractivity (Wildman–Crippen MR) is 122 cm³/mol. The molecule has 1 aromatic carbocycles. The molecule has 1 aliphatic heterocycles. The molecule has 0 saturated carbocycles. The van der Waals surface area contributed by atoms with Crippen LogP contribution in [0.1, 0.15) is 72.4 Å². The Morgan fingerprint density at radius 3 is 2.14 bits per heavy atom. The lowest BCUT2D eigenvalue weighted by atomic mass is 10.1. The smallest absolute Gasteiger partial charge is 0.129 e. The zero-order chi connectivity index (χ0) is 21.9. The molecule has 1 heterocycles. The maximum Gasteiger partial charge on any atom is 0.129 e. The Balaban J connectivity index is 0. The number of rotatable bonds is 2. The van der Waals surface area contributed by atoms with Crippen molar-refractivity contribution < 1.29 is 4.79 Å². The lowest BCUT2D eigenvalue weighted by Gasteiger charge is -2.04. The van der Waals surface area contributed by atoms with Gasteiger partial charge >= 0.3 is 0 Å². The van der Waals surface area contributed by atoms with Gasteiger partial charge in [-0.25, -0.2) is 0 Å². The second-order valence-electron chi connectivity index (χ2n) is 5.83. The molecule has 1 aromatic rings. The van der Waals surface area contributed by atoms with Crippen LogP contribution in [0, 0.1) is 18.3 Å². The highest BCUT2D eigenvalue weighted by Gasteiger charge is 2.04. The minimum atomic E-state index is 0.255. The van der Waals surface area contributed by atoms with Gasteiger partial charge in [-0.3, -0.25) is 9.98 Å². The Kier molecular flexibility index (Phi) is 17.2. The van der Waals surface area contributed by atoms with Crippen molar-refractivity contribution in [2.75, 3.05) is 0 Å². The van der Waals surface area contributed by atoms with Crippen molar-refractivity contribution in [3.8, 4) is 6.07 Å². The summed E-state index contributed by atoms with van der Waals surface area (Å²) in [7, 11) is 0. The van der Waals surface area contributed by atoms with Crippen molar-refractivity contribution >= 4 is 17.2 Å². The number of hydrogen-bond acceptors (Lipinski definition) is 4. The molecule has 1 aliphatic rings. The van der Waals surface area contributed by atoms with Gasteiger partial charge in [0.1, 0.15) is 11.9 Å². The van der Waals surface area contributed by atoms with E-state index in [0.717, 1.165) is 11.3 Å². The zero-order valence-corrected chi connectivity index (χ0v) is 18.7. The second kappa shape index (κ2) is 17.6. The van der Waals surface area contributed by atoms with Crippen LogP contribution in [-0.4, -0.2) is 17.2 Å². The SMILES string of the molecule is CC.CC1=N/C=C\C(c2cccc(C)c2)=N/C=C\1C#N.CCC.CCC(C)=O. The molecule has 0 N–H and O–H groups in total. The van der Waals surface area contributed by atoms with Crippen LogP contribution in [-0.2, 0) is 4.79 Å². The topological polar surface area (TPSA) is 65.6 Å². The van der Waals surface area contributed by atoms with E-state index in [1.54, 1.807) is 26.2 Å². The summed E-state index contributed by atoms with van der Waals surface area (Å²) in [4.78, 5) is 18.4. The standard InChI is InChI=1S/C15H13N3.C4H8O.C3H8.C2H6/c1-11-4-3-5-13(8-11)15-6-7-17-12(2)14(9-16)10-18-15;1-3-4(2)5;1-3-2;1-2/h3-8,10H,1-2H3;3H2,1-2H3;3H2,1-2H3;1-2H3/b7-6-,14-10-,14-12?,15-6?,17-7?,17-12-,18-10?,18-15+;;;. The number of nitrogens with zero attached hydrogens (tertiary/aromatic N) is 3. The van der Waals surface area contributed by atoms with Gasteiger partial charge in [-0.15, -0.1) is 0 Å². The highest BCUT2D eigenvalue weighted by molar-refractivity contribution is 6.10. The number of hydrogen-bond donors (Lipinski definition) is 0. The van der Waals surface area contributed by atoms with Crippen molar-refractivity contribution in [3.63, 3.8) is 0 Å². The zero-order valence-electron chi connectivity index (χ0n) is 18.7. The van der Waals surface area contributed by atoms with E-state index in [1.807, 2.05) is 52.0 Å². The summed E-state index contributed by atoms with van der Waals surface area (Å²) in [6, 6.07) is 10.2. The van der Waals surface area contributed by atoms with E-state index in [1.165, 1.54) is 12.0 Å². The summed E-state index contributed by atoms with van der Waals surface area (Å²) >= 11 is 0. The molecule has 0 aliphatic carbocycles. The van der Waals surface area contributed by atoms with Crippen molar-refractivity contribution in [2.24, 2.45) is 9.98 Å². The monoisotopic (exact) mass is 381 g/mol. The third-order valence-electron chi connectivity index (χ3n) is 3.16. The molecule has 4 heteroatoms. The predicted octanol–water partition coefficient (Wildman–Crippen LogP) is 6.61. The van der Waals surface area contributed by atoms with Crippen LogP contribution in [0.5, 0.6) is 0 Å². The molecule has 0 amide bonds. The van der Waals surface area contributed by atoms with Crippen molar-refractivity contribution in [3.05, 3.63) is 59.4 Å². The third kappa shape index (κ3) is 12.5. The normalized spacial score (nSPS) is 18.5. The molecule has 0 fully saturated rings. The first-order valence-corrected chi connectivity index (χ1v) is 9.85.